The van der Waals surface area contributed by atoms with E-state index in [0.29, 0.717) is 23.5 Å². The number of carbonyl (C=O) groups is 1. The fourth-order valence-corrected chi connectivity index (χ4v) is 1.54. The minimum atomic E-state index is -0.195. The van der Waals surface area contributed by atoms with Crippen molar-refractivity contribution < 1.29 is 9.53 Å². The first kappa shape index (κ1) is 12.0. The summed E-state index contributed by atoms with van der Waals surface area (Å²) in [5.41, 5.74) is 7.51. The normalized spacial score (nSPS) is 10.1. The molecule has 4 N–H and O–H groups in total. The summed E-state index contributed by atoms with van der Waals surface area (Å²) in [6, 6.07) is 6.71. The lowest BCUT2D eigenvalue weighted by Gasteiger charge is -2.07. The molecule has 0 aliphatic carbocycles. The van der Waals surface area contributed by atoms with Gasteiger partial charge in [-0.3, -0.25) is 9.89 Å². The van der Waals surface area contributed by atoms with E-state index in [1.165, 1.54) is 7.11 Å². The van der Waals surface area contributed by atoms with Crippen LogP contribution in [0.4, 0.5) is 5.69 Å². The van der Waals surface area contributed by atoms with Gasteiger partial charge >= 0.3 is 0 Å². The molecule has 94 valence electrons. The summed E-state index contributed by atoms with van der Waals surface area (Å²) in [6.45, 7) is 0.394. The molecular weight excluding hydrogens is 232 g/mol. The number of hydrogen-bond acceptors (Lipinski definition) is 4. The quantitative estimate of drug-likeness (QED) is 0.700. The number of aromatic nitrogens is 2. The second kappa shape index (κ2) is 5.22. The van der Waals surface area contributed by atoms with Crippen molar-refractivity contribution in [3.05, 3.63) is 41.7 Å². The lowest BCUT2D eigenvalue weighted by molar-refractivity contribution is 0.0950. The number of anilines is 1. The van der Waals surface area contributed by atoms with Gasteiger partial charge in [0.25, 0.3) is 5.91 Å². The van der Waals surface area contributed by atoms with Gasteiger partial charge in [0.1, 0.15) is 5.75 Å². The number of methoxy groups -OCH3 is 1. The average molecular weight is 246 g/mol. The number of nitrogens with one attached hydrogen (secondary N) is 2. The number of nitrogen functional groups attached to an aromatic ring is 1. The van der Waals surface area contributed by atoms with Gasteiger partial charge in [-0.1, -0.05) is 0 Å². The molecule has 0 saturated carbocycles. The van der Waals surface area contributed by atoms with Crippen LogP contribution < -0.4 is 15.8 Å². The predicted octanol–water partition coefficient (Wildman–Crippen LogP) is 0.931. The molecule has 2 rings (SSSR count). The highest BCUT2D eigenvalue weighted by Gasteiger charge is 2.08. The summed E-state index contributed by atoms with van der Waals surface area (Å²) in [5, 5.41) is 9.32. The molecule has 0 aliphatic rings. The molecule has 18 heavy (non-hydrogen) atoms. The van der Waals surface area contributed by atoms with E-state index in [9.17, 15) is 4.79 Å². The van der Waals surface area contributed by atoms with Gasteiger partial charge in [0.05, 0.1) is 25.0 Å². The molecule has 0 fully saturated rings. The first-order chi connectivity index (χ1) is 8.70. The van der Waals surface area contributed by atoms with Gasteiger partial charge in [-0.25, -0.2) is 0 Å². The van der Waals surface area contributed by atoms with Gasteiger partial charge in [-0.15, -0.1) is 0 Å². The third kappa shape index (κ3) is 2.60. The first-order valence-corrected chi connectivity index (χ1v) is 5.40. The molecule has 2 aromatic rings. The maximum absolute atomic E-state index is 11.8. The SMILES string of the molecule is COc1ccc(C(=O)NCc2ccn[nH]2)cc1N. The van der Waals surface area contributed by atoms with E-state index in [2.05, 4.69) is 15.5 Å². The van der Waals surface area contributed by atoms with E-state index in [1.807, 2.05) is 0 Å². The van der Waals surface area contributed by atoms with E-state index < -0.39 is 0 Å². The van der Waals surface area contributed by atoms with Crippen LogP contribution in [0.1, 0.15) is 16.1 Å². The number of nitrogens with zero attached hydrogens (tertiary/aromatic N) is 1. The number of carbonyl (C=O) groups excluding carboxylic acids is 1. The van der Waals surface area contributed by atoms with E-state index in [4.69, 9.17) is 10.5 Å². The zero-order chi connectivity index (χ0) is 13.0. The van der Waals surface area contributed by atoms with Gasteiger partial charge < -0.3 is 15.8 Å². The molecule has 1 heterocycles. The summed E-state index contributed by atoms with van der Waals surface area (Å²) in [6.07, 6.45) is 1.63. The molecule has 0 atom stereocenters. The summed E-state index contributed by atoms with van der Waals surface area (Å²) in [7, 11) is 1.53. The zero-order valence-corrected chi connectivity index (χ0v) is 9.93. The van der Waals surface area contributed by atoms with Gasteiger partial charge in [0.15, 0.2) is 0 Å². The van der Waals surface area contributed by atoms with E-state index in [-0.39, 0.29) is 5.91 Å². The van der Waals surface area contributed by atoms with E-state index >= 15 is 0 Å². The molecule has 0 radical (unpaired) electrons. The summed E-state index contributed by atoms with van der Waals surface area (Å²) >= 11 is 0. The van der Waals surface area contributed by atoms with Crippen LogP contribution in [0, 0.1) is 0 Å². The average Bonchev–Trinajstić information content (AvgIpc) is 2.89. The van der Waals surface area contributed by atoms with Crippen molar-refractivity contribution in [2.24, 2.45) is 0 Å². The maximum Gasteiger partial charge on any atom is 0.251 e. The molecule has 1 aromatic carbocycles. The molecule has 0 bridgehead atoms. The number of amides is 1. The number of hydrogen-bond donors (Lipinski definition) is 3. The molecule has 0 aliphatic heterocycles. The van der Waals surface area contributed by atoms with Crippen LogP contribution in [-0.4, -0.2) is 23.2 Å². The summed E-state index contributed by atoms with van der Waals surface area (Å²) in [5.74, 6) is 0.360. The highest BCUT2D eigenvalue weighted by atomic mass is 16.5. The topological polar surface area (TPSA) is 93.0 Å². The summed E-state index contributed by atoms with van der Waals surface area (Å²) < 4.78 is 5.03. The Kier molecular flexibility index (Phi) is 3.47. The largest absolute Gasteiger partial charge is 0.495 e. The van der Waals surface area contributed by atoms with Crippen molar-refractivity contribution in [1.29, 1.82) is 0 Å². The van der Waals surface area contributed by atoms with Crippen molar-refractivity contribution >= 4 is 11.6 Å². The van der Waals surface area contributed by atoms with Gasteiger partial charge in [0, 0.05) is 11.8 Å². The molecule has 1 amide bonds. The minimum Gasteiger partial charge on any atom is -0.495 e. The Morgan fingerprint density at radius 3 is 2.94 bits per heavy atom. The zero-order valence-electron chi connectivity index (χ0n) is 9.93. The van der Waals surface area contributed by atoms with Crippen molar-refractivity contribution in [2.75, 3.05) is 12.8 Å². The van der Waals surface area contributed by atoms with Crippen molar-refractivity contribution in [3.8, 4) is 5.75 Å². The number of ether oxygens (including phenoxy) is 1. The summed E-state index contributed by atoms with van der Waals surface area (Å²) in [4.78, 5) is 11.8. The Morgan fingerprint density at radius 2 is 2.33 bits per heavy atom. The fourth-order valence-electron chi connectivity index (χ4n) is 1.54. The van der Waals surface area contributed by atoms with Gasteiger partial charge in [-0.2, -0.15) is 5.10 Å². The smallest absolute Gasteiger partial charge is 0.251 e. The molecule has 0 saturated heterocycles. The predicted molar refractivity (Wildman–Crippen MR) is 67.2 cm³/mol. The number of benzene rings is 1. The fraction of sp³-hybridized carbons (Fsp3) is 0.167. The maximum atomic E-state index is 11.8. The van der Waals surface area contributed by atoms with Crippen LogP contribution in [0.25, 0.3) is 0 Å². The van der Waals surface area contributed by atoms with Crippen LogP contribution in [-0.2, 0) is 6.54 Å². The number of nitrogens with two attached hydrogens (primary N) is 1. The Morgan fingerprint density at radius 1 is 1.50 bits per heavy atom. The Bertz CT molecular complexity index is 537. The standard InChI is InChI=1S/C12H14N4O2/c1-18-11-3-2-8(6-10(11)13)12(17)14-7-9-4-5-15-16-9/h2-6H,7,13H2,1H3,(H,14,17)(H,15,16). The number of H-pyrrole nitrogens is 1. The van der Waals surface area contributed by atoms with Crippen molar-refractivity contribution in [1.82, 2.24) is 15.5 Å². The van der Waals surface area contributed by atoms with Crippen molar-refractivity contribution in [2.45, 2.75) is 6.54 Å². The van der Waals surface area contributed by atoms with Crippen LogP contribution in [0.15, 0.2) is 30.5 Å². The van der Waals surface area contributed by atoms with Crippen LogP contribution in [0.2, 0.25) is 0 Å². The first-order valence-electron chi connectivity index (χ1n) is 5.40. The van der Waals surface area contributed by atoms with Gasteiger partial charge in [0.2, 0.25) is 0 Å². The number of rotatable bonds is 4. The van der Waals surface area contributed by atoms with Crippen LogP contribution >= 0.6 is 0 Å². The third-order valence-electron chi connectivity index (χ3n) is 2.49. The lowest BCUT2D eigenvalue weighted by Crippen LogP contribution is -2.23. The van der Waals surface area contributed by atoms with Crippen molar-refractivity contribution in [3.63, 3.8) is 0 Å². The monoisotopic (exact) mass is 246 g/mol. The second-order valence-electron chi connectivity index (χ2n) is 3.72. The molecule has 6 nitrogen and oxygen atoms in total. The molecule has 6 heteroatoms. The number of aromatic amines is 1. The highest BCUT2D eigenvalue weighted by molar-refractivity contribution is 5.95. The Labute approximate surface area is 104 Å². The van der Waals surface area contributed by atoms with Gasteiger partial charge in [-0.05, 0) is 24.3 Å². The minimum absolute atomic E-state index is 0.195. The molecular formula is C12H14N4O2. The Hall–Kier alpha value is -2.50. The highest BCUT2D eigenvalue weighted by Crippen LogP contribution is 2.21. The second-order valence-corrected chi connectivity index (χ2v) is 3.72. The van der Waals surface area contributed by atoms with E-state index in [0.717, 1.165) is 5.69 Å². The van der Waals surface area contributed by atoms with E-state index in [1.54, 1.807) is 30.5 Å². The molecule has 1 aromatic heterocycles. The van der Waals surface area contributed by atoms with Crippen LogP contribution in [0.3, 0.4) is 0 Å². The lowest BCUT2D eigenvalue weighted by atomic mass is 10.1. The van der Waals surface area contributed by atoms with Crippen LogP contribution in [0.5, 0.6) is 5.75 Å². The molecule has 0 unspecified atom stereocenters. The third-order valence-corrected chi connectivity index (χ3v) is 2.49. The molecule has 0 spiro atoms. The Balaban J connectivity index is 2.02.